The first-order valence-corrected chi connectivity index (χ1v) is 37.1. The molecule has 0 bridgehead atoms. The second kappa shape index (κ2) is 71.8. The topological polar surface area (TPSA) is 78.9 Å². The maximum absolute atomic E-state index is 12.9. The van der Waals surface area contributed by atoms with Crippen molar-refractivity contribution in [2.24, 2.45) is 0 Å². The second-order valence-corrected chi connectivity index (χ2v) is 25.2. The minimum atomic E-state index is -0.768. The van der Waals surface area contributed by atoms with E-state index in [0.29, 0.717) is 19.3 Å². The van der Waals surface area contributed by atoms with Gasteiger partial charge < -0.3 is 14.2 Å². The van der Waals surface area contributed by atoms with Crippen LogP contribution in [0.15, 0.2) is 48.6 Å². The number of hydrogen-bond donors (Lipinski definition) is 0. The molecule has 0 aromatic carbocycles. The standard InChI is InChI=1S/C77H142O6/c1-4-7-10-13-16-19-21-23-25-27-29-31-33-35-37-39-41-42-44-46-48-50-52-54-56-58-61-64-67-70-76(79)82-73-74(72-81-75(78)69-66-63-60-18-15-12-9-6-3)83-77(80)71-68-65-62-59-57-55-53-51-49-47-45-43-40-38-36-34-32-30-28-26-24-22-20-17-14-11-8-5-2/h7,10,16,19,23,25,29,31,74H,4-6,8-9,11-15,17-18,20-22,24,26-28,30,32-73H2,1-3H3/b10-7-,19-16-,25-23-,31-29-. The van der Waals surface area contributed by atoms with Crippen molar-refractivity contribution >= 4 is 17.9 Å². The Hall–Kier alpha value is -2.63. The molecule has 0 radical (unpaired) electrons. The van der Waals surface area contributed by atoms with Crippen molar-refractivity contribution in [2.75, 3.05) is 13.2 Å². The summed E-state index contributed by atoms with van der Waals surface area (Å²) < 4.78 is 16.9. The number of esters is 3. The smallest absolute Gasteiger partial charge is 0.306 e. The lowest BCUT2D eigenvalue weighted by molar-refractivity contribution is -0.167. The molecule has 486 valence electrons. The van der Waals surface area contributed by atoms with E-state index >= 15 is 0 Å². The Kier molecular flexibility index (Phi) is 69.6. The molecule has 0 N–H and O–H groups in total. The van der Waals surface area contributed by atoms with Gasteiger partial charge in [-0.1, -0.05) is 378 Å². The second-order valence-electron chi connectivity index (χ2n) is 25.2. The van der Waals surface area contributed by atoms with Crippen LogP contribution in [0.1, 0.15) is 406 Å². The van der Waals surface area contributed by atoms with E-state index in [9.17, 15) is 14.4 Å². The van der Waals surface area contributed by atoms with Gasteiger partial charge in [-0.05, 0) is 57.8 Å². The van der Waals surface area contributed by atoms with E-state index < -0.39 is 6.10 Å². The normalized spacial score (nSPS) is 12.3. The highest BCUT2D eigenvalue weighted by Gasteiger charge is 2.20. The van der Waals surface area contributed by atoms with E-state index in [1.807, 2.05) is 0 Å². The summed E-state index contributed by atoms with van der Waals surface area (Å²) >= 11 is 0. The fourth-order valence-corrected chi connectivity index (χ4v) is 11.3. The first kappa shape index (κ1) is 80.4. The van der Waals surface area contributed by atoms with Gasteiger partial charge in [-0.3, -0.25) is 14.4 Å². The number of carbonyl (C=O) groups excluding carboxylic acids is 3. The van der Waals surface area contributed by atoms with E-state index in [1.54, 1.807) is 0 Å². The van der Waals surface area contributed by atoms with E-state index in [1.165, 1.54) is 283 Å². The highest BCUT2D eigenvalue weighted by molar-refractivity contribution is 5.71. The number of ether oxygens (including phenoxy) is 3. The average molecular weight is 1160 g/mol. The van der Waals surface area contributed by atoms with E-state index in [2.05, 4.69) is 69.4 Å². The predicted molar refractivity (Wildman–Crippen MR) is 362 cm³/mol. The van der Waals surface area contributed by atoms with Crippen molar-refractivity contribution < 1.29 is 28.6 Å². The lowest BCUT2D eigenvalue weighted by Gasteiger charge is -2.18. The Labute approximate surface area is 518 Å². The summed E-state index contributed by atoms with van der Waals surface area (Å²) in [7, 11) is 0. The fourth-order valence-electron chi connectivity index (χ4n) is 11.3. The lowest BCUT2D eigenvalue weighted by Crippen LogP contribution is -2.30. The van der Waals surface area contributed by atoms with Crippen LogP contribution in [0, 0.1) is 0 Å². The third-order valence-corrected chi connectivity index (χ3v) is 16.8. The summed E-state index contributed by atoms with van der Waals surface area (Å²) in [6.45, 7) is 6.57. The summed E-state index contributed by atoms with van der Waals surface area (Å²) in [4.78, 5) is 38.3. The Morgan fingerprint density at radius 3 is 0.735 bits per heavy atom. The molecule has 1 atom stereocenters. The summed E-state index contributed by atoms with van der Waals surface area (Å²) in [5.41, 5.74) is 0. The van der Waals surface area contributed by atoms with Gasteiger partial charge in [0.05, 0.1) is 0 Å². The van der Waals surface area contributed by atoms with Gasteiger partial charge in [0.25, 0.3) is 0 Å². The van der Waals surface area contributed by atoms with Gasteiger partial charge in [0.1, 0.15) is 13.2 Å². The van der Waals surface area contributed by atoms with E-state index in [4.69, 9.17) is 14.2 Å². The van der Waals surface area contributed by atoms with Gasteiger partial charge in [0.15, 0.2) is 6.10 Å². The molecule has 0 aliphatic rings. The maximum atomic E-state index is 12.9. The number of allylic oxidation sites excluding steroid dienone is 8. The van der Waals surface area contributed by atoms with Crippen LogP contribution in [0.25, 0.3) is 0 Å². The summed E-state index contributed by atoms with van der Waals surface area (Å²) in [5.74, 6) is -0.842. The van der Waals surface area contributed by atoms with Crippen LogP contribution in [-0.4, -0.2) is 37.2 Å². The Balaban J connectivity index is 4.03. The molecule has 0 heterocycles. The van der Waals surface area contributed by atoms with Crippen LogP contribution in [0.3, 0.4) is 0 Å². The Morgan fingerprint density at radius 1 is 0.253 bits per heavy atom. The Bertz CT molecular complexity index is 1430. The third kappa shape index (κ3) is 70.0. The SMILES string of the molecule is CC/C=C\C/C=C\C/C=C\C/C=C\CCCCCCCCCCCCCCCCCCC(=O)OCC(COC(=O)CCCCCCCCCC)OC(=O)CCCCCCCCCCCCCCCCCCCCCCCCCCCCCC. The molecule has 0 aliphatic heterocycles. The molecule has 0 saturated carbocycles. The number of rotatable bonds is 69. The first-order valence-electron chi connectivity index (χ1n) is 37.1. The number of unbranched alkanes of at least 4 members (excludes halogenated alkanes) is 50. The minimum Gasteiger partial charge on any atom is -0.462 e. The van der Waals surface area contributed by atoms with Crippen molar-refractivity contribution in [3.05, 3.63) is 48.6 Å². The van der Waals surface area contributed by atoms with Crippen LogP contribution >= 0.6 is 0 Å². The van der Waals surface area contributed by atoms with E-state index in [-0.39, 0.29) is 31.1 Å². The highest BCUT2D eigenvalue weighted by atomic mass is 16.6. The molecule has 0 amide bonds. The molecule has 0 rings (SSSR count). The van der Waals surface area contributed by atoms with Crippen molar-refractivity contribution in [1.82, 2.24) is 0 Å². The molecular formula is C77H142O6. The van der Waals surface area contributed by atoms with Crippen molar-refractivity contribution in [2.45, 2.75) is 412 Å². The van der Waals surface area contributed by atoms with Crippen LogP contribution in [-0.2, 0) is 28.6 Å². The molecular weight excluding hydrogens is 1020 g/mol. The van der Waals surface area contributed by atoms with Crippen LogP contribution in [0.5, 0.6) is 0 Å². The van der Waals surface area contributed by atoms with Gasteiger partial charge in [0, 0.05) is 19.3 Å². The number of carbonyl (C=O) groups is 3. The molecule has 6 heteroatoms. The molecule has 6 nitrogen and oxygen atoms in total. The predicted octanol–water partition coefficient (Wildman–Crippen LogP) is 25.7. The first-order chi connectivity index (χ1) is 41.0. The molecule has 0 spiro atoms. The zero-order valence-electron chi connectivity index (χ0n) is 56.0. The van der Waals surface area contributed by atoms with Gasteiger partial charge in [-0.25, -0.2) is 0 Å². The quantitative estimate of drug-likeness (QED) is 0.0261. The van der Waals surface area contributed by atoms with Gasteiger partial charge in [-0.15, -0.1) is 0 Å². The van der Waals surface area contributed by atoms with Gasteiger partial charge >= 0.3 is 17.9 Å². The molecule has 0 fully saturated rings. The minimum absolute atomic E-state index is 0.0664. The molecule has 0 aliphatic carbocycles. The summed E-state index contributed by atoms with van der Waals surface area (Å²) in [5, 5.41) is 0. The van der Waals surface area contributed by atoms with Crippen LogP contribution < -0.4 is 0 Å². The third-order valence-electron chi connectivity index (χ3n) is 16.8. The van der Waals surface area contributed by atoms with Gasteiger partial charge in [0.2, 0.25) is 0 Å². The van der Waals surface area contributed by atoms with Gasteiger partial charge in [-0.2, -0.15) is 0 Å². The van der Waals surface area contributed by atoms with Crippen molar-refractivity contribution in [1.29, 1.82) is 0 Å². The maximum Gasteiger partial charge on any atom is 0.306 e. The average Bonchev–Trinajstić information content (AvgIpc) is 3.49. The molecule has 1 unspecified atom stereocenters. The fraction of sp³-hybridized carbons (Fsp3) is 0.857. The van der Waals surface area contributed by atoms with Crippen molar-refractivity contribution in [3.63, 3.8) is 0 Å². The zero-order chi connectivity index (χ0) is 59.9. The molecule has 0 aromatic rings. The number of hydrogen-bond acceptors (Lipinski definition) is 6. The lowest BCUT2D eigenvalue weighted by atomic mass is 10.0. The zero-order valence-corrected chi connectivity index (χ0v) is 56.0. The highest BCUT2D eigenvalue weighted by Crippen LogP contribution is 2.19. The summed E-state index contributed by atoms with van der Waals surface area (Å²) in [6, 6.07) is 0. The molecule has 0 aromatic heterocycles. The monoisotopic (exact) mass is 1160 g/mol. The van der Waals surface area contributed by atoms with Crippen LogP contribution in [0.4, 0.5) is 0 Å². The van der Waals surface area contributed by atoms with E-state index in [0.717, 1.165) is 83.5 Å². The Morgan fingerprint density at radius 2 is 0.470 bits per heavy atom. The van der Waals surface area contributed by atoms with Crippen molar-refractivity contribution in [3.8, 4) is 0 Å². The largest absolute Gasteiger partial charge is 0.462 e. The molecule has 0 saturated heterocycles. The summed E-state index contributed by atoms with van der Waals surface area (Å²) in [6.07, 6.45) is 91.9. The molecule has 83 heavy (non-hydrogen) atoms. The van der Waals surface area contributed by atoms with Crippen LogP contribution in [0.2, 0.25) is 0 Å².